The van der Waals surface area contributed by atoms with Crippen LogP contribution in [0.5, 0.6) is 5.75 Å². The molecule has 0 aromatic heterocycles. The summed E-state index contributed by atoms with van der Waals surface area (Å²) in [4.78, 5) is 0. The summed E-state index contributed by atoms with van der Waals surface area (Å²) in [5, 5.41) is 0. The standard InChI is InChI=1S/C26H20F8O4/c1-2-35-10-13-11-36-25(37-12-13)14-3-4-17(18(27)5-14)15-6-19(28)23(20(29)7-15)26(33,34)38-16-8-21(30)24(32)22(31)9-16/h3-9,13,25H,2,10-12H2,1H3. The molecule has 1 fully saturated rings. The molecule has 0 atom stereocenters. The molecule has 12 heteroatoms. The van der Waals surface area contributed by atoms with Crippen LogP contribution in [0.3, 0.4) is 0 Å². The Morgan fingerprint density at radius 3 is 1.97 bits per heavy atom. The van der Waals surface area contributed by atoms with E-state index in [1.807, 2.05) is 6.92 Å². The van der Waals surface area contributed by atoms with Gasteiger partial charge in [-0.25, -0.2) is 26.3 Å². The summed E-state index contributed by atoms with van der Waals surface area (Å²) in [5.41, 5.74) is -2.33. The largest absolute Gasteiger partial charge is 0.432 e. The van der Waals surface area contributed by atoms with E-state index >= 15 is 0 Å². The van der Waals surface area contributed by atoms with Crippen LogP contribution < -0.4 is 4.74 Å². The van der Waals surface area contributed by atoms with Gasteiger partial charge in [0.2, 0.25) is 0 Å². The van der Waals surface area contributed by atoms with Gasteiger partial charge in [0, 0.05) is 35.8 Å². The van der Waals surface area contributed by atoms with Crippen LogP contribution in [0, 0.1) is 40.8 Å². The third-order valence-corrected chi connectivity index (χ3v) is 5.64. The Hall–Kier alpha value is -3.22. The normalized spacial score (nSPS) is 18.0. The molecular formula is C26H20F8O4. The minimum atomic E-state index is -4.76. The lowest BCUT2D eigenvalue weighted by molar-refractivity contribution is -0.212. The first-order valence-electron chi connectivity index (χ1n) is 11.3. The monoisotopic (exact) mass is 548 g/mol. The summed E-state index contributed by atoms with van der Waals surface area (Å²) in [7, 11) is 0. The number of alkyl halides is 2. The van der Waals surface area contributed by atoms with Gasteiger partial charge in [-0.3, -0.25) is 0 Å². The average Bonchev–Trinajstić information content (AvgIpc) is 2.85. The molecule has 0 amide bonds. The van der Waals surface area contributed by atoms with Crippen molar-refractivity contribution in [3.8, 4) is 16.9 Å². The molecule has 3 aromatic rings. The van der Waals surface area contributed by atoms with E-state index in [1.165, 1.54) is 12.1 Å². The van der Waals surface area contributed by atoms with Crippen molar-refractivity contribution in [3.05, 3.63) is 88.5 Å². The zero-order chi connectivity index (χ0) is 27.6. The Kier molecular flexibility index (Phi) is 8.24. The predicted octanol–water partition coefficient (Wildman–Crippen LogP) is 7.01. The number of benzene rings is 3. The highest BCUT2D eigenvalue weighted by atomic mass is 19.3. The molecule has 0 saturated carbocycles. The molecule has 38 heavy (non-hydrogen) atoms. The zero-order valence-electron chi connectivity index (χ0n) is 19.7. The molecule has 4 rings (SSSR count). The summed E-state index contributed by atoms with van der Waals surface area (Å²) < 4.78 is 134. The molecule has 0 aliphatic carbocycles. The zero-order valence-corrected chi connectivity index (χ0v) is 19.7. The highest BCUT2D eigenvalue weighted by Gasteiger charge is 2.41. The number of hydrogen-bond donors (Lipinski definition) is 0. The summed E-state index contributed by atoms with van der Waals surface area (Å²) >= 11 is 0. The van der Waals surface area contributed by atoms with Gasteiger partial charge in [-0.05, 0) is 30.7 Å². The third-order valence-electron chi connectivity index (χ3n) is 5.64. The fourth-order valence-electron chi connectivity index (χ4n) is 3.83. The van der Waals surface area contributed by atoms with Gasteiger partial charge < -0.3 is 18.9 Å². The van der Waals surface area contributed by atoms with Crippen LogP contribution in [0.4, 0.5) is 35.1 Å². The van der Waals surface area contributed by atoms with Crippen molar-refractivity contribution in [2.24, 2.45) is 5.92 Å². The van der Waals surface area contributed by atoms with Gasteiger partial charge in [0.1, 0.15) is 28.8 Å². The Labute approximate surface area is 211 Å². The second-order valence-corrected chi connectivity index (χ2v) is 8.40. The maximum absolute atomic E-state index is 14.9. The van der Waals surface area contributed by atoms with Crippen LogP contribution in [0.15, 0.2) is 42.5 Å². The molecule has 0 spiro atoms. The van der Waals surface area contributed by atoms with Gasteiger partial charge in [-0.1, -0.05) is 12.1 Å². The molecule has 1 aliphatic heterocycles. The SMILES string of the molecule is CCOCC1COC(c2ccc(-c3cc(F)c(C(F)(F)Oc4cc(F)c(F)c(F)c4)c(F)c3)c(F)c2)OC1. The van der Waals surface area contributed by atoms with Crippen LogP contribution >= 0.6 is 0 Å². The molecule has 1 aliphatic rings. The first kappa shape index (κ1) is 27.8. The minimum absolute atomic E-state index is 0.00278. The summed E-state index contributed by atoms with van der Waals surface area (Å²) in [5.74, 6) is -11.4. The molecule has 0 bridgehead atoms. The summed E-state index contributed by atoms with van der Waals surface area (Å²) in [6, 6.07) is 4.68. The lowest BCUT2D eigenvalue weighted by Crippen LogP contribution is -2.30. The molecule has 204 valence electrons. The maximum atomic E-state index is 14.9. The number of hydrogen-bond acceptors (Lipinski definition) is 4. The topological polar surface area (TPSA) is 36.9 Å². The molecule has 0 radical (unpaired) electrons. The number of ether oxygens (including phenoxy) is 4. The van der Waals surface area contributed by atoms with Crippen molar-refractivity contribution < 1.29 is 54.1 Å². The van der Waals surface area contributed by atoms with Crippen molar-refractivity contribution in [2.45, 2.75) is 19.3 Å². The van der Waals surface area contributed by atoms with E-state index in [4.69, 9.17) is 14.2 Å². The smallest absolute Gasteiger partial charge is 0.429 e. The summed E-state index contributed by atoms with van der Waals surface area (Å²) in [6.07, 6.45) is -5.65. The van der Waals surface area contributed by atoms with E-state index in [0.29, 0.717) is 38.6 Å². The molecule has 1 saturated heterocycles. The van der Waals surface area contributed by atoms with E-state index in [1.54, 1.807) is 0 Å². The lowest BCUT2D eigenvalue weighted by atomic mass is 10.00. The van der Waals surface area contributed by atoms with Gasteiger partial charge in [0.05, 0.1) is 19.8 Å². The van der Waals surface area contributed by atoms with Crippen LogP contribution in [-0.4, -0.2) is 26.4 Å². The summed E-state index contributed by atoms with van der Waals surface area (Å²) in [6.45, 7) is 3.43. The fraction of sp³-hybridized carbons (Fsp3) is 0.308. The second-order valence-electron chi connectivity index (χ2n) is 8.40. The Balaban J connectivity index is 1.54. The Bertz CT molecular complexity index is 1260. The van der Waals surface area contributed by atoms with E-state index in [9.17, 15) is 35.1 Å². The van der Waals surface area contributed by atoms with E-state index in [-0.39, 0.29) is 29.2 Å². The first-order valence-corrected chi connectivity index (χ1v) is 11.3. The molecule has 3 aromatic carbocycles. The van der Waals surface area contributed by atoms with Crippen LogP contribution in [0.25, 0.3) is 11.1 Å². The van der Waals surface area contributed by atoms with Gasteiger partial charge >= 0.3 is 6.11 Å². The Morgan fingerprint density at radius 2 is 1.42 bits per heavy atom. The van der Waals surface area contributed by atoms with Crippen molar-refractivity contribution in [2.75, 3.05) is 26.4 Å². The average molecular weight is 548 g/mol. The van der Waals surface area contributed by atoms with Crippen molar-refractivity contribution in [1.82, 2.24) is 0 Å². The van der Waals surface area contributed by atoms with E-state index in [2.05, 4.69) is 4.74 Å². The van der Waals surface area contributed by atoms with Gasteiger partial charge in [0.25, 0.3) is 0 Å². The molecule has 1 heterocycles. The van der Waals surface area contributed by atoms with Gasteiger partial charge in [-0.15, -0.1) is 0 Å². The van der Waals surface area contributed by atoms with Gasteiger partial charge in [-0.2, -0.15) is 8.78 Å². The van der Waals surface area contributed by atoms with Crippen LogP contribution in [0.1, 0.15) is 24.3 Å². The first-order chi connectivity index (χ1) is 18.0. The second kappa shape index (κ2) is 11.3. The number of rotatable bonds is 8. The van der Waals surface area contributed by atoms with Crippen LogP contribution in [0.2, 0.25) is 0 Å². The maximum Gasteiger partial charge on any atom is 0.432 e. The lowest BCUT2D eigenvalue weighted by Gasteiger charge is -2.29. The number of halogens is 8. The van der Waals surface area contributed by atoms with Crippen molar-refractivity contribution >= 4 is 0 Å². The fourth-order valence-corrected chi connectivity index (χ4v) is 3.83. The van der Waals surface area contributed by atoms with Crippen molar-refractivity contribution in [3.63, 3.8) is 0 Å². The highest BCUT2D eigenvalue weighted by molar-refractivity contribution is 5.65. The van der Waals surface area contributed by atoms with E-state index in [0.717, 1.165) is 6.07 Å². The quantitative estimate of drug-likeness (QED) is 0.224. The molecule has 0 N–H and O–H groups in total. The molecule has 0 unspecified atom stereocenters. The Morgan fingerprint density at radius 1 is 0.816 bits per heavy atom. The molecule has 4 nitrogen and oxygen atoms in total. The minimum Gasteiger partial charge on any atom is -0.429 e. The van der Waals surface area contributed by atoms with E-state index < -0.39 is 64.2 Å². The molecular weight excluding hydrogens is 528 g/mol. The highest BCUT2D eigenvalue weighted by Crippen LogP contribution is 2.38. The third kappa shape index (κ3) is 5.92. The van der Waals surface area contributed by atoms with Crippen LogP contribution in [-0.2, 0) is 20.3 Å². The predicted molar refractivity (Wildman–Crippen MR) is 117 cm³/mol. The van der Waals surface area contributed by atoms with Gasteiger partial charge in [0.15, 0.2) is 23.7 Å². The van der Waals surface area contributed by atoms with Crippen molar-refractivity contribution in [1.29, 1.82) is 0 Å².